The number of methoxy groups -OCH3 is 1. The first-order chi connectivity index (χ1) is 10.8. The summed E-state index contributed by atoms with van der Waals surface area (Å²) in [7, 11) is 1.00. The Morgan fingerprint density at radius 3 is 2.61 bits per heavy atom. The van der Waals surface area contributed by atoms with Crippen molar-refractivity contribution in [3.63, 3.8) is 0 Å². The van der Waals surface area contributed by atoms with Crippen LogP contribution in [-0.2, 0) is 14.3 Å². The van der Waals surface area contributed by atoms with Gasteiger partial charge < -0.3 is 29.9 Å². The van der Waals surface area contributed by atoms with Crippen molar-refractivity contribution >= 4 is 5.97 Å². The molecule has 1 fully saturated rings. The Morgan fingerprint density at radius 1 is 1.43 bits per heavy atom. The summed E-state index contributed by atoms with van der Waals surface area (Å²) in [5.74, 6) is -1.12. The van der Waals surface area contributed by atoms with Gasteiger partial charge in [-0.3, -0.25) is 14.3 Å². The summed E-state index contributed by atoms with van der Waals surface area (Å²) in [6.45, 7) is -0.607. The molecule has 0 amide bonds. The van der Waals surface area contributed by atoms with E-state index >= 15 is 0 Å². The lowest BCUT2D eigenvalue weighted by atomic mass is 10.1. The van der Waals surface area contributed by atoms with E-state index in [0.29, 0.717) is 4.57 Å². The number of hydrogen-bond acceptors (Lipinski definition) is 9. The monoisotopic (exact) mass is 332 g/mol. The van der Waals surface area contributed by atoms with Gasteiger partial charge in [0.15, 0.2) is 12.3 Å². The van der Waals surface area contributed by atoms with Gasteiger partial charge >= 0.3 is 11.7 Å². The van der Waals surface area contributed by atoms with Crippen molar-refractivity contribution in [1.29, 1.82) is 0 Å². The van der Waals surface area contributed by atoms with Gasteiger partial charge in [-0.1, -0.05) is 0 Å². The molecule has 1 aliphatic heterocycles. The lowest BCUT2D eigenvalue weighted by Gasteiger charge is -2.18. The predicted molar refractivity (Wildman–Crippen MR) is 71.3 cm³/mol. The zero-order valence-electron chi connectivity index (χ0n) is 11.9. The number of nitrogens with one attached hydrogen (secondary N) is 1. The summed E-state index contributed by atoms with van der Waals surface area (Å²) < 4.78 is 10.2. The molecule has 128 valence electrons. The lowest BCUT2D eigenvalue weighted by molar-refractivity contribution is -0.150. The molecule has 0 saturated carbocycles. The summed E-state index contributed by atoms with van der Waals surface area (Å²) >= 11 is 0. The topological polar surface area (TPSA) is 171 Å². The normalized spacial score (nSPS) is 28.6. The molecule has 2 heterocycles. The summed E-state index contributed by atoms with van der Waals surface area (Å²) in [5.41, 5.74) is -2.52. The third-order valence-electron chi connectivity index (χ3n) is 3.51. The second kappa shape index (κ2) is 6.60. The number of nitrogens with zero attached hydrogens (tertiary/aromatic N) is 1. The number of aliphatic hydroxyl groups is 4. The highest BCUT2D eigenvalue weighted by Gasteiger charge is 2.44. The molecule has 1 aromatic heterocycles. The molecule has 1 saturated heterocycles. The second-order valence-corrected chi connectivity index (χ2v) is 4.91. The van der Waals surface area contributed by atoms with Crippen molar-refractivity contribution in [2.24, 2.45) is 0 Å². The smallest absolute Gasteiger partial charge is 0.339 e. The van der Waals surface area contributed by atoms with Gasteiger partial charge in [-0.05, 0) is 0 Å². The average Bonchev–Trinajstić information content (AvgIpc) is 2.81. The Labute approximate surface area is 128 Å². The number of carbonyl (C=O) groups excluding carboxylic acids is 1. The van der Waals surface area contributed by atoms with Gasteiger partial charge in [-0.15, -0.1) is 0 Å². The number of esters is 1. The fraction of sp³-hybridized carbons (Fsp3) is 0.583. The standard InChI is InChI=1S/C12H16N2O9/c1-22-11(20)6(16)4-2-14(12(21)13-9(4)19)10-8(18)7(17)5(3-15)23-10/h2,5-8,10,15-18H,3H2,1H3,(H,13,19,21). The highest BCUT2D eigenvalue weighted by Crippen LogP contribution is 2.28. The summed E-state index contributed by atoms with van der Waals surface area (Å²) in [6, 6.07) is 0. The summed E-state index contributed by atoms with van der Waals surface area (Å²) in [6.07, 6.45) is -6.72. The van der Waals surface area contributed by atoms with Crippen LogP contribution in [-0.4, -0.2) is 68.0 Å². The molecule has 1 aliphatic rings. The molecule has 0 spiro atoms. The van der Waals surface area contributed by atoms with Gasteiger partial charge in [0.25, 0.3) is 5.56 Å². The van der Waals surface area contributed by atoms with Crippen molar-refractivity contribution < 1.29 is 34.7 Å². The van der Waals surface area contributed by atoms with Crippen LogP contribution in [0.3, 0.4) is 0 Å². The van der Waals surface area contributed by atoms with E-state index < -0.39 is 60.0 Å². The largest absolute Gasteiger partial charge is 0.467 e. The number of aromatic amines is 1. The average molecular weight is 332 g/mol. The molecule has 5 N–H and O–H groups in total. The molecule has 5 atom stereocenters. The third-order valence-corrected chi connectivity index (χ3v) is 3.51. The Bertz CT molecular complexity index is 697. The van der Waals surface area contributed by atoms with Gasteiger partial charge in [-0.2, -0.15) is 0 Å². The van der Waals surface area contributed by atoms with Gasteiger partial charge in [-0.25, -0.2) is 9.59 Å². The molecule has 11 nitrogen and oxygen atoms in total. The Kier molecular flexibility index (Phi) is 4.97. The van der Waals surface area contributed by atoms with E-state index in [1.807, 2.05) is 4.98 Å². The van der Waals surface area contributed by atoms with Crippen molar-refractivity contribution in [3.8, 4) is 0 Å². The highest BCUT2D eigenvalue weighted by molar-refractivity contribution is 5.75. The number of carbonyl (C=O) groups is 1. The van der Waals surface area contributed by atoms with Crippen LogP contribution in [0, 0.1) is 0 Å². The molecule has 5 unspecified atom stereocenters. The fourth-order valence-corrected chi connectivity index (χ4v) is 2.23. The van der Waals surface area contributed by atoms with Crippen LogP contribution in [0.25, 0.3) is 0 Å². The van der Waals surface area contributed by atoms with E-state index in [1.54, 1.807) is 0 Å². The van der Waals surface area contributed by atoms with Crippen molar-refractivity contribution in [2.45, 2.75) is 30.6 Å². The maximum absolute atomic E-state index is 11.9. The summed E-state index contributed by atoms with van der Waals surface area (Å²) in [4.78, 5) is 36.8. The quantitative estimate of drug-likeness (QED) is 0.349. The first-order valence-electron chi connectivity index (χ1n) is 6.55. The molecule has 1 aromatic rings. The van der Waals surface area contributed by atoms with Crippen molar-refractivity contribution in [3.05, 3.63) is 32.6 Å². The van der Waals surface area contributed by atoms with Crippen LogP contribution in [0.1, 0.15) is 17.9 Å². The number of H-pyrrole nitrogens is 1. The van der Waals surface area contributed by atoms with Crippen LogP contribution >= 0.6 is 0 Å². The number of ether oxygens (including phenoxy) is 2. The van der Waals surface area contributed by atoms with Gasteiger partial charge in [0, 0.05) is 6.20 Å². The molecule has 0 aliphatic carbocycles. The maximum Gasteiger partial charge on any atom is 0.339 e. The third kappa shape index (κ3) is 3.04. The maximum atomic E-state index is 11.9. The SMILES string of the molecule is COC(=O)C(O)c1cn(C2OC(CO)C(O)C2O)c(=O)[nH]c1=O. The fourth-order valence-electron chi connectivity index (χ4n) is 2.23. The number of rotatable bonds is 4. The van der Waals surface area contributed by atoms with Crippen molar-refractivity contribution in [1.82, 2.24) is 9.55 Å². The minimum Gasteiger partial charge on any atom is -0.467 e. The number of aromatic nitrogens is 2. The van der Waals surface area contributed by atoms with E-state index in [1.165, 1.54) is 0 Å². The van der Waals surface area contributed by atoms with E-state index in [9.17, 15) is 29.7 Å². The van der Waals surface area contributed by atoms with E-state index in [4.69, 9.17) is 9.84 Å². The van der Waals surface area contributed by atoms with Crippen LogP contribution in [0.15, 0.2) is 15.8 Å². The number of aliphatic hydroxyl groups excluding tert-OH is 4. The molecular weight excluding hydrogens is 316 g/mol. The summed E-state index contributed by atoms with van der Waals surface area (Å²) in [5, 5.41) is 38.4. The van der Waals surface area contributed by atoms with Gasteiger partial charge in [0.05, 0.1) is 19.3 Å². The van der Waals surface area contributed by atoms with E-state index in [2.05, 4.69) is 4.74 Å². The molecule has 11 heteroatoms. The molecule has 0 radical (unpaired) electrons. The Balaban J connectivity index is 2.46. The molecule has 0 bridgehead atoms. The minimum absolute atomic E-state index is 0.505. The lowest BCUT2D eigenvalue weighted by Crippen LogP contribution is -2.39. The molecule has 0 aromatic carbocycles. The number of hydrogen-bond donors (Lipinski definition) is 5. The highest BCUT2D eigenvalue weighted by atomic mass is 16.6. The first-order valence-corrected chi connectivity index (χ1v) is 6.55. The zero-order chi connectivity index (χ0) is 17.3. The Hall–Kier alpha value is -2.05. The van der Waals surface area contributed by atoms with Crippen LogP contribution in [0.5, 0.6) is 0 Å². The minimum atomic E-state index is -1.95. The molecule has 2 rings (SSSR count). The van der Waals surface area contributed by atoms with Crippen molar-refractivity contribution in [2.75, 3.05) is 13.7 Å². The van der Waals surface area contributed by atoms with Crippen LogP contribution in [0.4, 0.5) is 0 Å². The first kappa shape index (κ1) is 17.3. The van der Waals surface area contributed by atoms with Crippen LogP contribution < -0.4 is 11.2 Å². The van der Waals surface area contributed by atoms with Gasteiger partial charge in [0.1, 0.15) is 18.3 Å². The molecular formula is C12H16N2O9. The van der Waals surface area contributed by atoms with Crippen LogP contribution in [0.2, 0.25) is 0 Å². The zero-order valence-corrected chi connectivity index (χ0v) is 11.9. The van der Waals surface area contributed by atoms with E-state index in [-0.39, 0.29) is 0 Å². The Morgan fingerprint density at radius 2 is 2.09 bits per heavy atom. The van der Waals surface area contributed by atoms with E-state index in [0.717, 1.165) is 13.3 Å². The van der Waals surface area contributed by atoms with Gasteiger partial charge in [0.2, 0.25) is 0 Å². The predicted octanol–water partition coefficient (Wildman–Crippen LogP) is -3.65. The second-order valence-electron chi connectivity index (χ2n) is 4.91. The molecule has 23 heavy (non-hydrogen) atoms.